The fraction of sp³-hybridized carbons (Fsp3) is 0.0667. The zero-order valence-electron chi connectivity index (χ0n) is 11.9. The number of benzene rings is 1. The lowest BCUT2D eigenvalue weighted by Gasteiger charge is -2.06. The molecule has 4 N–H and O–H groups in total. The number of fused-ring (bicyclic) bond motifs is 1. The summed E-state index contributed by atoms with van der Waals surface area (Å²) < 4.78 is 27.2. The van der Waals surface area contributed by atoms with Crippen molar-refractivity contribution in [2.45, 2.75) is 6.92 Å². The molecule has 8 heteroatoms. The van der Waals surface area contributed by atoms with Crippen molar-refractivity contribution in [3.63, 3.8) is 0 Å². The predicted molar refractivity (Wildman–Crippen MR) is 85.9 cm³/mol. The normalized spacial score (nSPS) is 10.9. The number of carbonyl (C=O) groups excluding carboxylic acids is 1. The van der Waals surface area contributed by atoms with Crippen LogP contribution in [-0.4, -0.2) is 10.9 Å². The second-order valence-electron chi connectivity index (χ2n) is 4.92. The lowest BCUT2D eigenvalue weighted by atomic mass is 10.1. The van der Waals surface area contributed by atoms with Gasteiger partial charge in [0.2, 0.25) is 5.56 Å². The van der Waals surface area contributed by atoms with Crippen LogP contribution in [0.25, 0.3) is 10.2 Å². The predicted octanol–water partition coefficient (Wildman–Crippen LogP) is 3.01. The molecule has 23 heavy (non-hydrogen) atoms. The average molecular weight is 335 g/mol. The standard InChI is InChI=1S/C15H11F2N3O2S/c1-6-5-9(21)19-15-10(6)11(18)13(23-15)14(22)20-12-7(16)3-2-4-8(12)17/h2-5H,18H2,1H3,(H,19,21)(H,20,22). The van der Waals surface area contributed by atoms with Gasteiger partial charge in [0.15, 0.2) is 0 Å². The van der Waals surface area contributed by atoms with Crippen LogP contribution in [0.5, 0.6) is 0 Å². The molecule has 0 spiro atoms. The molecule has 0 bridgehead atoms. The van der Waals surface area contributed by atoms with Gasteiger partial charge in [0, 0.05) is 11.5 Å². The van der Waals surface area contributed by atoms with Crippen molar-refractivity contribution in [1.29, 1.82) is 0 Å². The molecule has 0 saturated carbocycles. The van der Waals surface area contributed by atoms with Crippen molar-refractivity contribution in [2.75, 3.05) is 11.1 Å². The van der Waals surface area contributed by atoms with E-state index in [1.807, 2.05) is 0 Å². The first-order valence-electron chi connectivity index (χ1n) is 6.55. The van der Waals surface area contributed by atoms with Crippen LogP contribution in [-0.2, 0) is 0 Å². The highest BCUT2D eigenvalue weighted by Gasteiger charge is 2.20. The monoisotopic (exact) mass is 335 g/mol. The van der Waals surface area contributed by atoms with Crippen LogP contribution in [0, 0.1) is 18.6 Å². The Morgan fingerprint density at radius 3 is 2.61 bits per heavy atom. The molecule has 1 aromatic carbocycles. The van der Waals surface area contributed by atoms with Crippen LogP contribution in [0.2, 0.25) is 0 Å². The Bertz CT molecular complexity index is 974. The first-order valence-corrected chi connectivity index (χ1v) is 7.37. The number of amides is 1. The number of aryl methyl sites for hydroxylation is 1. The summed E-state index contributed by atoms with van der Waals surface area (Å²) in [5, 5.41) is 2.73. The SMILES string of the molecule is Cc1cc(=O)[nH]c2sc(C(=O)Nc3c(F)cccc3F)c(N)c12. The van der Waals surface area contributed by atoms with E-state index in [9.17, 15) is 18.4 Å². The number of anilines is 2. The van der Waals surface area contributed by atoms with Crippen LogP contribution in [0.15, 0.2) is 29.1 Å². The van der Waals surface area contributed by atoms with Crippen LogP contribution in [0.3, 0.4) is 0 Å². The second kappa shape index (κ2) is 5.47. The molecule has 2 aromatic heterocycles. The molecule has 0 aliphatic heterocycles. The van der Waals surface area contributed by atoms with Crippen molar-refractivity contribution in [2.24, 2.45) is 0 Å². The highest BCUT2D eigenvalue weighted by Crippen LogP contribution is 2.34. The van der Waals surface area contributed by atoms with Gasteiger partial charge in [-0.05, 0) is 24.6 Å². The van der Waals surface area contributed by atoms with Crippen LogP contribution < -0.4 is 16.6 Å². The van der Waals surface area contributed by atoms with Gasteiger partial charge in [0.05, 0.1) is 5.69 Å². The van der Waals surface area contributed by atoms with Gasteiger partial charge in [-0.1, -0.05) is 6.07 Å². The summed E-state index contributed by atoms with van der Waals surface area (Å²) in [6.07, 6.45) is 0. The molecule has 2 heterocycles. The van der Waals surface area contributed by atoms with E-state index in [1.165, 1.54) is 12.1 Å². The third-order valence-electron chi connectivity index (χ3n) is 3.33. The van der Waals surface area contributed by atoms with E-state index in [4.69, 9.17) is 5.73 Å². The van der Waals surface area contributed by atoms with Gasteiger partial charge in [0.25, 0.3) is 5.91 Å². The summed E-state index contributed by atoms with van der Waals surface area (Å²) in [5.41, 5.74) is 5.88. The van der Waals surface area contributed by atoms with Gasteiger partial charge in [0.1, 0.15) is 27.0 Å². The minimum Gasteiger partial charge on any atom is -0.397 e. The number of hydrogen-bond donors (Lipinski definition) is 3. The second-order valence-corrected chi connectivity index (χ2v) is 5.94. The summed E-state index contributed by atoms with van der Waals surface area (Å²) >= 11 is 0.954. The van der Waals surface area contributed by atoms with E-state index in [-0.39, 0.29) is 16.1 Å². The minimum atomic E-state index is -0.886. The molecule has 0 saturated heterocycles. The molecule has 5 nitrogen and oxygen atoms in total. The summed E-state index contributed by atoms with van der Waals surface area (Å²) in [5.74, 6) is -2.52. The average Bonchev–Trinajstić information content (AvgIpc) is 2.80. The molecule has 0 aliphatic rings. The number of nitrogens with one attached hydrogen (secondary N) is 2. The summed E-state index contributed by atoms with van der Waals surface area (Å²) in [6.45, 7) is 1.69. The molecule has 0 aliphatic carbocycles. The number of rotatable bonds is 2. The minimum absolute atomic E-state index is 0.0765. The number of thiophene rings is 1. The maximum atomic E-state index is 13.6. The fourth-order valence-corrected chi connectivity index (χ4v) is 3.38. The zero-order chi connectivity index (χ0) is 16.7. The van der Waals surface area contributed by atoms with E-state index >= 15 is 0 Å². The Balaban J connectivity index is 2.07. The quantitative estimate of drug-likeness (QED) is 0.673. The number of halogens is 2. The highest BCUT2D eigenvalue weighted by molar-refractivity contribution is 7.21. The van der Waals surface area contributed by atoms with Crippen molar-refractivity contribution >= 4 is 38.8 Å². The molecule has 1 amide bonds. The lowest BCUT2D eigenvalue weighted by Crippen LogP contribution is -2.14. The first-order chi connectivity index (χ1) is 10.9. The van der Waals surface area contributed by atoms with Gasteiger partial charge in [-0.3, -0.25) is 9.59 Å². The third-order valence-corrected chi connectivity index (χ3v) is 4.45. The number of aromatic nitrogens is 1. The van der Waals surface area contributed by atoms with E-state index in [0.717, 1.165) is 23.5 Å². The molecule has 0 radical (unpaired) electrons. The molecule has 3 aromatic rings. The fourth-order valence-electron chi connectivity index (χ4n) is 2.30. The molecule has 0 atom stereocenters. The number of carbonyl (C=O) groups is 1. The maximum Gasteiger partial charge on any atom is 0.268 e. The van der Waals surface area contributed by atoms with Crippen LogP contribution >= 0.6 is 11.3 Å². The number of pyridine rings is 1. The first kappa shape index (κ1) is 15.2. The Hall–Kier alpha value is -2.74. The van der Waals surface area contributed by atoms with Gasteiger partial charge in [-0.25, -0.2) is 8.78 Å². The van der Waals surface area contributed by atoms with Gasteiger partial charge < -0.3 is 16.0 Å². The largest absolute Gasteiger partial charge is 0.397 e. The number of hydrogen-bond acceptors (Lipinski definition) is 4. The Labute approximate surface area is 132 Å². The maximum absolute atomic E-state index is 13.6. The van der Waals surface area contributed by atoms with Gasteiger partial charge in [-0.2, -0.15) is 0 Å². The van der Waals surface area contributed by atoms with Gasteiger partial charge >= 0.3 is 0 Å². The van der Waals surface area contributed by atoms with E-state index in [2.05, 4.69) is 10.3 Å². The lowest BCUT2D eigenvalue weighted by molar-refractivity contribution is 0.103. The Morgan fingerprint density at radius 1 is 1.30 bits per heavy atom. The number of H-pyrrole nitrogens is 1. The molecule has 0 unspecified atom stereocenters. The Kier molecular flexibility index (Phi) is 3.61. The van der Waals surface area contributed by atoms with E-state index in [1.54, 1.807) is 6.92 Å². The molecular formula is C15H11F2N3O2S. The molecule has 118 valence electrons. The number of para-hydroxylation sites is 1. The molecule has 0 fully saturated rings. The van der Waals surface area contributed by atoms with Gasteiger partial charge in [-0.15, -0.1) is 11.3 Å². The van der Waals surface area contributed by atoms with Crippen LogP contribution in [0.1, 0.15) is 15.2 Å². The molecule has 3 rings (SSSR count). The van der Waals surface area contributed by atoms with Crippen LogP contribution in [0.4, 0.5) is 20.2 Å². The zero-order valence-corrected chi connectivity index (χ0v) is 12.7. The third kappa shape index (κ3) is 2.57. The topological polar surface area (TPSA) is 88.0 Å². The van der Waals surface area contributed by atoms with Crippen molar-refractivity contribution in [1.82, 2.24) is 4.98 Å². The smallest absolute Gasteiger partial charge is 0.268 e. The van der Waals surface area contributed by atoms with Crippen molar-refractivity contribution in [3.05, 3.63) is 56.7 Å². The van der Waals surface area contributed by atoms with Crippen molar-refractivity contribution < 1.29 is 13.6 Å². The number of nitrogen functional groups attached to an aromatic ring is 1. The number of nitrogens with two attached hydrogens (primary N) is 1. The van der Waals surface area contributed by atoms with E-state index < -0.39 is 23.2 Å². The Morgan fingerprint density at radius 2 is 1.96 bits per heavy atom. The molecular weight excluding hydrogens is 324 g/mol. The van der Waals surface area contributed by atoms with Crippen molar-refractivity contribution in [3.8, 4) is 0 Å². The number of aromatic amines is 1. The highest BCUT2D eigenvalue weighted by atomic mass is 32.1. The van der Waals surface area contributed by atoms with E-state index in [0.29, 0.717) is 15.8 Å². The summed E-state index contributed by atoms with van der Waals surface area (Å²) in [6, 6.07) is 4.63. The summed E-state index contributed by atoms with van der Waals surface area (Å²) in [4.78, 5) is 26.9. The summed E-state index contributed by atoms with van der Waals surface area (Å²) in [7, 11) is 0.